The third-order valence-corrected chi connectivity index (χ3v) is 1.56. The van der Waals surface area contributed by atoms with Gasteiger partial charge in [-0.05, 0) is 12.1 Å². The van der Waals surface area contributed by atoms with Crippen LogP contribution in [-0.2, 0) is 22.8 Å². The fourth-order valence-corrected chi connectivity index (χ4v) is 0.856. The molecule has 1 N–H and O–H groups in total. The van der Waals surface area contributed by atoms with Gasteiger partial charge in [-0.25, -0.2) is 4.79 Å². The topological polar surface area (TPSA) is 50.4 Å². The molecule has 0 amide bonds. The monoisotopic (exact) mass is 220 g/mol. The third kappa shape index (κ3) is 2.91. The van der Waals surface area contributed by atoms with Gasteiger partial charge in [-0.15, -0.1) is 0 Å². The predicted molar refractivity (Wildman–Crippen MR) is 44.4 cm³/mol. The maximum absolute atomic E-state index is 10.4. The maximum atomic E-state index is 10.4. The van der Waals surface area contributed by atoms with Crippen molar-refractivity contribution in [2.45, 2.75) is 26.2 Å². The number of carboxylic acids is 1. The molecule has 3 nitrogen and oxygen atoms in total. The van der Waals surface area contributed by atoms with Crippen LogP contribution in [0.4, 0.5) is 0 Å². The first kappa shape index (κ1) is 12.3. The van der Waals surface area contributed by atoms with Gasteiger partial charge in [0.15, 0.2) is 0 Å². The number of furan rings is 1. The van der Waals surface area contributed by atoms with E-state index in [0.29, 0.717) is 5.76 Å². The summed E-state index contributed by atoms with van der Waals surface area (Å²) in [5.74, 6) is -0.328. The van der Waals surface area contributed by atoms with Gasteiger partial charge in [0.05, 0.1) is 0 Å². The normalized spacial score (nSPS) is 10.7. The molecule has 72 valence electrons. The fourth-order valence-electron chi connectivity index (χ4n) is 0.856. The van der Waals surface area contributed by atoms with Crippen LogP contribution in [0.2, 0.25) is 0 Å². The van der Waals surface area contributed by atoms with E-state index in [1.54, 1.807) is 6.07 Å². The van der Waals surface area contributed by atoms with Crippen molar-refractivity contribution in [3.05, 3.63) is 23.7 Å². The molecule has 13 heavy (non-hydrogen) atoms. The SMILES string of the molecule is CC(C)(C)c1ccc(C(=O)O)o1.[Cr]. The molecule has 0 atom stereocenters. The second-order valence-corrected chi connectivity index (χ2v) is 3.72. The van der Waals surface area contributed by atoms with Gasteiger partial charge in [0.25, 0.3) is 0 Å². The molecular weight excluding hydrogens is 208 g/mol. The molecule has 0 aliphatic carbocycles. The maximum Gasteiger partial charge on any atom is 0.371 e. The Morgan fingerprint density at radius 1 is 1.38 bits per heavy atom. The summed E-state index contributed by atoms with van der Waals surface area (Å²) in [5.41, 5.74) is -0.131. The van der Waals surface area contributed by atoms with Gasteiger partial charge in [-0.3, -0.25) is 0 Å². The Hall–Kier alpha value is -0.718. The molecule has 0 saturated heterocycles. The minimum Gasteiger partial charge on any atom is -0.475 e. The number of carbonyl (C=O) groups is 1. The summed E-state index contributed by atoms with van der Waals surface area (Å²) in [7, 11) is 0. The van der Waals surface area contributed by atoms with Crippen LogP contribution < -0.4 is 0 Å². The molecule has 0 aromatic carbocycles. The van der Waals surface area contributed by atoms with E-state index in [4.69, 9.17) is 9.52 Å². The van der Waals surface area contributed by atoms with E-state index in [1.807, 2.05) is 20.8 Å². The zero-order valence-electron chi connectivity index (χ0n) is 7.83. The summed E-state index contributed by atoms with van der Waals surface area (Å²) >= 11 is 0. The van der Waals surface area contributed by atoms with E-state index in [1.165, 1.54) is 6.07 Å². The molecule has 0 unspecified atom stereocenters. The number of hydrogen-bond acceptors (Lipinski definition) is 2. The van der Waals surface area contributed by atoms with Gasteiger partial charge in [0.2, 0.25) is 5.76 Å². The summed E-state index contributed by atoms with van der Waals surface area (Å²) in [6.07, 6.45) is 0. The molecule has 0 saturated carbocycles. The van der Waals surface area contributed by atoms with Crippen LogP contribution in [0.5, 0.6) is 0 Å². The summed E-state index contributed by atoms with van der Waals surface area (Å²) in [6.45, 7) is 5.91. The molecule has 1 heterocycles. The Kier molecular flexibility index (Phi) is 3.77. The zero-order chi connectivity index (χ0) is 9.35. The molecule has 1 aromatic rings. The number of hydrogen-bond donors (Lipinski definition) is 1. The second kappa shape index (κ2) is 3.99. The van der Waals surface area contributed by atoms with E-state index in [2.05, 4.69) is 0 Å². The van der Waals surface area contributed by atoms with Gasteiger partial charge in [-0.2, -0.15) is 0 Å². The van der Waals surface area contributed by atoms with Crippen molar-refractivity contribution < 1.29 is 31.7 Å². The van der Waals surface area contributed by atoms with Crippen molar-refractivity contribution in [2.75, 3.05) is 0 Å². The van der Waals surface area contributed by atoms with Crippen LogP contribution >= 0.6 is 0 Å². The van der Waals surface area contributed by atoms with Crippen molar-refractivity contribution >= 4 is 5.97 Å². The van der Waals surface area contributed by atoms with E-state index in [-0.39, 0.29) is 28.5 Å². The van der Waals surface area contributed by atoms with Crippen LogP contribution in [0, 0.1) is 0 Å². The number of rotatable bonds is 1. The van der Waals surface area contributed by atoms with Gasteiger partial charge in [-0.1, -0.05) is 20.8 Å². The van der Waals surface area contributed by atoms with E-state index >= 15 is 0 Å². The Morgan fingerprint density at radius 2 is 1.92 bits per heavy atom. The quantitative estimate of drug-likeness (QED) is 0.789. The first-order valence-electron chi connectivity index (χ1n) is 3.75. The zero-order valence-corrected chi connectivity index (χ0v) is 9.10. The van der Waals surface area contributed by atoms with Gasteiger partial charge >= 0.3 is 5.97 Å². The predicted octanol–water partition coefficient (Wildman–Crippen LogP) is 2.27. The molecule has 0 aliphatic rings. The average Bonchev–Trinajstić information content (AvgIpc) is 2.30. The van der Waals surface area contributed by atoms with E-state index in [0.717, 1.165) is 0 Å². The van der Waals surface area contributed by atoms with Crippen LogP contribution in [-0.4, -0.2) is 11.1 Å². The third-order valence-electron chi connectivity index (χ3n) is 1.56. The van der Waals surface area contributed by atoms with Crippen LogP contribution in [0.1, 0.15) is 37.1 Å². The summed E-state index contributed by atoms with van der Waals surface area (Å²) in [4.78, 5) is 10.4. The first-order chi connectivity index (χ1) is 5.41. The second-order valence-electron chi connectivity index (χ2n) is 3.72. The number of aromatic carboxylic acids is 1. The Labute approximate surface area is 87.9 Å². The fraction of sp³-hybridized carbons (Fsp3) is 0.444. The molecule has 0 radical (unpaired) electrons. The smallest absolute Gasteiger partial charge is 0.371 e. The Balaban J connectivity index is 0.00000144. The first-order valence-corrected chi connectivity index (χ1v) is 3.75. The minimum absolute atomic E-state index is 0. The van der Waals surface area contributed by atoms with Gasteiger partial charge < -0.3 is 9.52 Å². The van der Waals surface area contributed by atoms with E-state index in [9.17, 15) is 4.79 Å². The molecule has 1 rings (SSSR count). The summed E-state index contributed by atoms with van der Waals surface area (Å²) in [6, 6.07) is 3.17. The van der Waals surface area contributed by atoms with Crippen LogP contribution in [0.15, 0.2) is 16.5 Å². The standard InChI is InChI=1S/C9H12O3.Cr/c1-9(2,3)7-5-4-6(12-7)8(10)11;/h4-5H,1-3H3,(H,10,11);. The number of carboxylic acid groups (broad SMARTS) is 1. The molecule has 1 aromatic heterocycles. The van der Waals surface area contributed by atoms with Crippen molar-refractivity contribution in [3.8, 4) is 0 Å². The Morgan fingerprint density at radius 3 is 2.15 bits per heavy atom. The van der Waals surface area contributed by atoms with Crippen LogP contribution in [0.25, 0.3) is 0 Å². The van der Waals surface area contributed by atoms with Crippen LogP contribution in [0.3, 0.4) is 0 Å². The van der Waals surface area contributed by atoms with Gasteiger partial charge in [0.1, 0.15) is 5.76 Å². The summed E-state index contributed by atoms with van der Waals surface area (Å²) < 4.78 is 5.11. The Bertz CT molecular complexity index is 296. The minimum atomic E-state index is -1.02. The average molecular weight is 220 g/mol. The molecular formula is C9H12CrO3. The largest absolute Gasteiger partial charge is 0.475 e. The molecule has 4 heteroatoms. The summed E-state index contributed by atoms with van der Waals surface area (Å²) in [5, 5.41) is 8.57. The van der Waals surface area contributed by atoms with Crippen molar-refractivity contribution in [3.63, 3.8) is 0 Å². The molecule has 0 aliphatic heterocycles. The van der Waals surface area contributed by atoms with Crippen molar-refractivity contribution in [1.82, 2.24) is 0 Å². The van der Waals surface area contributed by atoms with E-state index < -0.39 is 5.97 Å². The van der Waals surface area contributed by atoms with Crippen molar-refractivity contribution in [2.24, 2.45) is 0 Å². The molecule has 0 fully saturated rings. The van der Waals surface area contributed by atoms with Gasteiger partial charge in [0, 0.05) is 22.8 Å². The van der Waals surface area contributed by atoms with Crippen molar-refractivity contribution in [1.29, 1.82) is 0 Å². The molecule has 0 bridgehead atoms. The molecule has 0 spiro atoms.